The lowest BCUT2D eigenvalue weighted by Crippen LogP contribution is -2.62. The molecule has 0 unspecified atom stereocenters. The number of nitrogens with zero attached hydrogens (tertiary/aromatic N) is 1. The van der Waals surface area contributed by atoms with E-state index >= 15 is 0 Å². The molecule has 1 aromatic carbocycles. The highest BCUT2D eigenvalue weighted by Crippen LogP contribution is 2.24. The molecule has 1 aliphatic heterocycles. The van der Waals surface area contributed by atoms with Crippen molar-refractivity contribution in [3.8, 4) is 5.75 Å². The lowest BCUT2D eigenvalue weighted by atomic mass is 9.96. The van der Waals surface area contributed by atoms with Crippen molar-refractivity contribution in [1.29, 1.82) is 0 Å². The molecule has 0 atom stereocenters. The van der Waals surface area contributed by atoms with Gasteiger partial charge >= 0.3 is 5.97 Å². The number of benzene rings is 1. The molecule has 0 spiro atoms. The van der Waals surface area contributed by atoms with Crippen LogP contribution in [0.4, 0.5) is 0 Å². The number of carbonyl (C=O) groups is 1. The molecule has 0 bridgehead atoms. The third kappa shape index (κ3) is 4.37. The standard InChI is InChI=1S/C14H18ClNO4/c1-14(20-8-13(17)18)9-16(10-14)5-6-19-12-4-2-3-11(15)7-12/h2-4,7H,5-6,8-10H2,1H3,(H,17,18). The fraction of sp³-hybridized carbons (Fsp3) is 0.500. The second-order valence-electron chi connectivity index (χ2n) is 5.15. The molecule has 0 aliphatic carbocycles. The molecular weight excluding hydrogens is 282 g/mol. The van der Waals surface area contributed by atoms with E-state index < -0.39 is 5.97 Å². The molecule has 5 nitrogen and oxygen atoms in total. The maximum Gasteiger partial charge on any atom is 0.329 e. The van der Waals surface area contributed by atoms with Crippen molar-refractivity contribution >= 4 is 17.6 Å². The summed E-state index contributed by atoms with van der Waals surface area (Å²) in [5.74, 6) is -0.183. The molecule has 2 rings (SSSR count). The fourth-order valence-electron chi connectivity index (χ4n) is 2.23. The first-order chi connectivity index (χ1) is 9.47. The number of halogens is 1. The Bertz CT molecular complexity index is 474. The molecule has 1 fully saturated rings. The summed E-state index contributed by atoms with van der Waals surface area (Å²) in [4.78, 5) is 12.6. The van der Waals surface area contributed by atoms with Crippen LogP contribution in [0.15, 0.2) is 24.3 Å². The van der Waals surface area contributed by atoms with Crippen LogP contribution < -0.4 is 4.74 Å². The summed E-state index contributed by atoms with van der Waals surface area (Å²) in [6.45, 7) is 4.46. The Morgan fingerprint density at radius 1 is 1.50 bits per heavy atom. The molecule has 0 saturated carbocycles. The fourth-order valence-corrected chi connectivity index (χ4v) is 2.41. The van der Waals surface area contributed by atoms with Crippen molar-refractivity contribution in [3.63, 3.8) is 0 Å². The summed E-state index contributed by atoms with van der Waals surface area (Å²) in [7, 11) is 0. The highest BCUT2D eigenvalue weighted by Gasteiger charge is 2.39. The summed E-state index contributed by atoms with van der Waals surface area (Å²) < 4.78 is 10.9. The average Bonchev–Trinajstić information content (AvgIpc) is 2.34. The molecular formula is C14H18ClNO4. The third-order valence-electron chi connectivity index (χ3n) is 3.13. The molecule has 0 amide bonds. The van der Waals surface area contributed by atoms with Crippen LogP contribution >= 0.6 is 11.6 Å². The first-order valence-corrected chi connectivity index (χ1v) is 6.81. The van der Waals surface area contributed by atoms with Gasteiger partial charge in [0.1, 0.15) is 19.0 Å². The monoisotopic (exact) mass is 299 g/mol. The van der Waals surface area contributed by atoms with Crippen molar-refractivity contribution in [2.75, 3.05) is 32.8 Å². The summed E-state index contributed by atoms with van der Waals surface area (Å²) in [6.07, 6.45) is 0. The van der Waals surface area contributed by atoms with E-state index in [0.29, 0.717) is 11.6 Å². The minimum Gasteiger partial charge on any atom is -0.492 e. The number of aliphatic carboxylic acids is 1. The van der Waals surface area contributed by atoms with Crippen LogP contribution in [-0.4, -0.2) is 54.4 Å². The van der Waals surface area contributed by atoms with E-state index in [-0.39, 0.29) is 12.2 Å². The van der Waals surface area contributed by atoms with Crippen LogP contribution in [-0.2, 0) is 9.53 Å². The normalized spacial score (nSPS) is 17.5. The molecule has 0 aromatic heterocycles. The molecule has 20 heavy (non-hydrogen) atoms. The topological polar surface area (TPSA) is 59.0 Å². The summed E-state index contributed by atoms with van der Waals surface area (Å²) >= 11 is 5.87. The number of likely N-dealkylation sites (tertiary alicyclic amines) is 1. The smallest absolute Gasteiger partial charge is 0.329 e. The quantitative estimate of drug-likeness (QED) is 0.833. The maximum atomic E-state index is 10.5. The van der Waals surface area contributed by atoms with Crippen LogP contribution in [0.3, 0.4) is 0 Å². The van der Waals surface area contributed by atoms with Gasteiger partial charge in [0.2, 0.25) is 0 Å². The predicted octanol–water partition coefficient (Wildman–Crippen LogP) is 1.89. The zero-order valence-electron chi connectivity index (χ0n) is 11.3. The van der Waals surface area contributed by atoms with Gasteiger partial charge in [0.15, 0.2) is 0 Å². The van der Waals surface area contributed by atoms with Gasteiger partial charge in [-0.1, -0.05) is 17.7 Å². The van der Waals surface area contributed by atoms with Gasteiger partial charge in [0.05, 0.1) is 5.60 Å². The Balaban J connectivity index is 1.64. The number of hydrogen-bond donors (Lipinski definition) is 1. The molecule has 1 aromatic rings. The van der Waals surface area contributed by atoms with E-state index in [1.807, 2.05) is 19.1 Å². The second-order valence-corrected chi connectivity index (χ2v) is 5.59. The van der Waals surface area contributed by atoms with Gasteiger partial charge in [-0.3, -0.25) is 4.90 Å². The molecule has 1 N–H and O–H groups in total. The molecule has 110 valence electrons. The zero-order valence-corrected chi connectivity index (χ0v) is 12.1. The Hall–Kier alpha value is -1.30. The van der Waals surface area contributed by atoms with E-state index in [1.165, 1.54) is 0 Å². The minimum absolute atomic E-state index is 0.247. The minimum atomic E-state index is -0.936. The van der Waals surface area contributed by atoms with Gasteiger partial charge in [0.25, 0.3) is 0 Å². The first kappa shape index (κ1) is 15.1. The van der Waals surface area contributed by atoms with Gasteiger partial charge < -0.3 is 14.6 Å². The van der Waals surface area contributed by atoms with E-state index in [2.05, 4.69) is 4.90 Å². The van der Waals surface area contributed by atoms with Crippen molar-refractivity contribution in [1.82, 2.24) is 4.90 Å². The van der Waals surface area contributed by atoms with E-state index in [0.717, 1.165) is 25.4 Å². The van der Waals surface area contributed by atoms with E-state index in [1.54, 1.807) is 12.1 Å². The Morgan fingerprint density at radius 2 is 2.25 bits per heavy atom. The number of carboxylic acid groups (broad SMARTS) is 1. The average molecular weight is 300 g/mol. The number of carboxylic acids is 1. The SMILES string of the molecule is CC1(OCC(=O)O)CN(CCOc2cccc(Cl)c2)C1. The second kappa shape index (κ2) is 6.43. The largest absolute Gasteiger partial charge is 0.492 e. The Morgan fingerprint density at radius 3 is 2.90 bits per heavy atom. The number of hydrogen-bond acceptors (Lipinski definition) is 4. The first-order valence-electron chi connectivity index (χ1n) is 6.43. The van der Waals surface area contributed by atoms with E-state index in [4.69, 9.17) is 26.2 Å². The number of rotatable bonds is 7. The van der Waals surface area contributed by atoms with Crippen LogP contribution in [0.1, 0.15) is 6.92 Å². The summed E-state index contributed by atoms with van der Waals surface area (Å²) in [6, 6.07) is 7.28. The van der Waals surface area contributed by atoms with Crippen molar-refractivity contribution in [2.45, 2.75) is 12.5 Å². The van der Waals surface area contributed by atoms with Gasteiger partial charge in [-0.05, 0) is 25.1 Å². The van der Waals surface area contributed by atoms with Gasteiger partial charge in [-0.15, -0.1) is 0 Å². The van der Waals surface area contributed by atoms with Gasteiger partial charge in [-0.25, -0.2) is 4.79 Å². The third-order valence-corrected chi connectivity index (χ3v) is 3.37. The van der Waals surface area contributed by atoms with Crippen LogP contribution in [0.2, 0.25) is 5.02 Å². The van der Waals surface area contributed by atoms with Crippen molar-refractivity contribution in [3.05, 3.63) is 29.3 Å². The number of ether oxygens (including phenoxy) is 2. The van der Waals surface area contributed by atoms with Gasteiger partial charge in [0, 0.05) is 24.7 Å². The molecule has 1 heterocycles. The van der Waals surface area contributed by atoms with Crippen molar-refractivity contribution in [2.24, 2.45) is 0 Å². The van der Waals surface area contributed by atoms with E-state index in [9.17, 15) is 4.79 Å². The van der Waals surface area contributed by atoms with Crippen LogP contribution in [0.25, 0.3) is 0 Å². The predicted molar refractivity (Wildman–Crippen MR) is 75.4 cm³/mol. The summed E-state index contributed by atoms with van der Waals surface area (Å²) in [5, 5.41) is 9.24. The lowest BCUT2D eigenvalue weighted by molar-refractivity contribution is -0.165. The summed E-state index contributed by atoms with van der Waals surface area (Å²) in [5.41, 5.74) is -0.353. The Labute approximate surface area is 123 Å². The van der Waals surface area contributed by atoms with Crippen molar-refractivity contribution < 1.29 is 19.4 Å². The van der Waals surface area contributed by atoms with Crippen LogP contribution in [0, 0.1) is 0 Å². The molecule has 1 aliphatic rings. The Kier molecular flexibility index (Phi) is 4.86. The molecule has 6 heteroatoms. The zero-order chi connectivity index (χ0) is 14.6. The highest BCUT2D eigenvalue weighted by atomic mass is 35.5. The van der Waals surface area contributed by atoms with Crippen LogP contribution in [0.5, 0.6) is 5.75 Å². The lowest BCUT2D eigenvalue weighted by Gasteiger charge is -2.47. The van der Waals surface area contributed by atoms with Gasteiger partial charge in [-0.2, -0.15) is 0 Å². The maximum absolute atomic E-state index is 10.5. The molecule has 0 radical (unpaired) electrons. The molecule has 1 saturated heterocycles. The highest BCUT2D eigenvalue weighted by molar-refractivity contribution is 6.30.